The van der Waals surface area contributed by atoms with Crippen LogP contribution in [0.5, 0.6) is 0 Å². The Labute approximate surface area is 135 Å². The minimum Gasteiger partial charge on any atom is -0.198 e. The van der Waals surface area contributed by atoms with E-state index in [-0.39, 0.29) is 0 Å². The number of hydrogen-bond acceptors (Lipinski definition) is 1. The second kappa shape index (κ2) is 7.96. The zero-order chi connectivity index (χ0) is 15.8. The molecule has 2 heteroatoms. The van der Waals surface area contributed by atoms with Gasteiger partial charge < -0.3 is 0 Å². The lowest BCUT2D eigenvalue weighted by molar-refractivity contribution is 0.671. The third kappa shape index (κ3) is 4.32. The molecule has 0 aliphatic carbocycles. The zero-order valence-electron chi connectivity index (χ0n) is 13.6. The summed E-state index contributed by atoms with van der Waals surface area (Å²) in [5.74, 6) is 0. The molecule has 0 spiro atoms. The Kier molecular flexibility index (Phi) is 5.97. The van der Waals surface area contributed by atoms with Gasteiger partial charge in [0.1, 0.15) is 0 Å². The lowest BCUT2D eigenvalue weighted by Crippen LogP contribution is -2.46. The molecule has 22 heavy (non-hydrogen) atoms. The summed E-state index contributed by atoms with van der Waals surface area (Å²) in [7, 11) is -1.55. The first-order valence-electron chi connectivity index (χ1n) is 8.11. The van der Waals surface area contributed by atoms with Gasteiger partial charge in [0.05, 0.1) is 14.1 Å². The average Bonchev–Trinajstić information content (AvgIpc) is 2.56. The van der Waals surface area contributed by atoms with Crippen molar-refractivity contribution in [2.45, 2.75) is 44.3 Å². The van der Waals surface area contributed by atoms with Crippen molar-refractivity contribution in [3.8, 4) is 6.07 Å². The lowest BCUT2D eigenvalue weighted by Gasteiger charge is -2.33. The summed E-state index contributed by atoms with van der Waals surface area (Å²) in [4.78, 5) is 0. The summed E-state index contributed by atoms with van der Waals surface area (Å²) in [6.07, 6.45) is 3.96. The molecule has 0 unspecified atom stereocenters. The van der Waals surface area contributed by atoms with E-state index in [1.807, 2.05) is 0 Å². The fourth-order valence-corrected chi connectivity index (χ4v) is 6.34. The first-order valence-corrected chi connectivity index (χ1v) is 11.2. The van der Waals surface area contributed by atoms with Crippen molar-refractivity contribution in [3.05, 3.63) is 66.2 Å². The molecule has 2 rings (SSSR count). The molecule has 0 amide bonds. The maximum absolute atomic E-state index is 8.85. The van der Waals surface area contributed by atoms with Gasteiger partial charge in [-0.1, -0.05) is 85.4 Å². The highest BCUT2D eigenvalue weighted by Crippen LogP contribution is 2.31. The van der Waals surface area contributed by atoms with Crippen LogP contribution < -0.4 is 5.19 Å². The van der Waals surface area contributed by atoms with E-state index >= 15 is 0 Å². The number of nitriles is 1. The van der Waals surface area contributed by atoms with Crippen LogP contribution in [0.1, 0.15) is 24.8 Å². The SMILES string of the molecule is C[Si](C)(c1ccccc1)[C@@H](CCCC#N)Cc1ccccc1. The normalized spacial score (nSPS) is 12.6. The molecule has 0 heterocycles. The van der Waals surface area contributed by atoms with Gasteiger partial charge in [-0.15, -0.1) is 0 Å². The molecule has 2 aromatic rings. The quantitative estimate of drug-likeness (QED) is 0.527. The van der Waals surface area contributed by atoms with Gasteiger partial charge in [-0.25, -0.2) is 0 Å². The highest BCUT2D eigenvalue weighted by molar-refractivity contribution is 6.91. The standard InChI is InChI=1S/C20H25NSi/c1-22(2,19-13-7-4-8-14-19)20(15-9-10-16-21)17-18-11-5-3-6-12-18/h3-8,11-14,20H,9-10,15,17H2,1-2H3/t20-/m0/s1. The van der Waals surface area contributed by atoms with Crippen LogP contribution in [0.25, 0.3) is 0 Å². The van der Waals surface area contributed by atoms with Crippen molar-refractivity contribution >= 4 is 13.3 Å². The van der Waals surface area contributed by atoms with E-state index in [0.717, 1.165) is 19.3 Å². The Hall–Kier alpha value is -1.85. The van der Waals surface area contributed by atoms with E-state index < -0.39 is 8.07 Å². The highest BCUT2D eigenvalue weighted by atomic mass is 28.3. The minimum atomic E-state index is -1.55. The van der Waals surface area contributed by atoms with Crippen LogP contribution >= 0.6 is 0 Å². The van der Waals surface area contributed by atoms with Crippen LogP contribution in [0.15, 0.2) is 60.7 Å². The Morgan fingerprint density at radius 3 is 2.14 bits per heavy atom. The molecule has 0 saturated heterocycles. The smallest absolute Gasteiger partial charge is 0.0840 e. The van der Waals surface area contributed by atoms with Gasteiger partial charge >= 0.3 is 0 Å². The van der Waals surface area contributed by atoms with Crippen molar-refractivity contribution in [1.82, 2.24) is 0 Å². The van der Waals surface area contributed by atoms with Gasteiger partial charge in [0.15, 0.2) is 0 Å². The molecule has 114 valence electrons. The van der Waals surface area contributed by atoms with Gasteiger partial charge in [0.25, 0.3) is 0 Å². The number of unbranched alkanes of at least 4 members (excludes halogenated alkanes) is 1. The van der Waals surface area contributed by atoms with E-state index in [4.69, 9.17) is 5.26 Å². The number of nitrogens with zero attached hydrogens (tertiary/aromatic N) is 1. The zero-order valence-corrected chi connectivity index (χ0v) is 14.6. The molecular weight excluding hydrogens is 282 g/mol. The van der Waals surface area contributed by atoms with Crippen LogP contribution in [-0.2, 0) is 6.42 Å². The van der Waals surface area contributed by atoms with Crippen LogP contribution in [0, 0.1) is 11.3 Å². The molecule has 1 atom stereocenters. The highest BCUT2D eigenvalue weighted by Gasteiger charge is 2.33. The Balaban J connectivity index is 2.21. The monoisotopic (exact) mass is 307 g/mol. The molecule has 0 aliphatic heterocycles. The van der Waals surface area contributed by atoms with Gasteiger partial charge in [0, 0.05) is 6.42 Å². The van der Waals surface area contributed by atoms with Crippen molar-refractivity contribution in [2.24, 2.45) is 0 Å². The molecule has 0 radical (unpaired) electrons. The minimum absolute atomic E-state index is 0.671. The van der Waals surface area contributed by atoms with Crippen molar-refractivity contribution in [1.29, 1.82) is 5.26 Å². The molecule has 2 aromatic carbocycles. The van der Waals surface area contributed by atoms with Crippen LogP contribution in [0.4, 0.5) is 0 Å². The summed E-state index contributed by atoms with van der Waals surface area (Å²) in [6, 6.07) is 24.0. The summed E-state index contributed by atoms with van der Waals surface area (Å²) < 4.78 is 0. The van der Waals surface area contributed by atoms with Crippen molar-refractivity contribution < 1.29 is 0 Å². The van der Waals surface area contributed by atoms with Gasteiger partial charge in [-0.3, -0.25) is 0 Å². The van der Waals surface area contributed by atoms with Gasteiger partial charge in [0.2, 0.25) is 0 Å². The number of rotatable bonds is 7. The molecule has 0 bridgehead atoms. The maximum Gasteiger partial charge on any atom is 0.0840 e. The average molecular weight is 308 g/mol. The number of hydrogen-bond donors (Lipinski definition) is 0. The van der Waals surface area contributed by atoms with Crippen molar-refractivity contribution in [2.75, 3.05) is 0 Å². The third-order valence-electron chi connectivity index (χ3n) is 4.70. The molecule has 0 aromatic heterocycles. The Morgan fingerprint density at radius 2 is 1.55 bits per heavy atom. The maximum atomic E-state index is 8.85. The van der Waals surface area contributed by atoms with Crippen LogP contribution in [-0.4, -0.2) is 8.07 Å². The Bertz CT molecular complexity index is 599. The topological polar surface area (TPSA) is 23.8 Å². The summed E-state index contributed by atoms with van der Waals surface area (Å²) in [6.45, 7) is 4.95. The summed E-state index contributed by atoms with van der Waals surface area (Å²) in [5.41, 5.74) is 2.09. The third-order valence-corrected chi connectivity index (χ3v) is 9.06. The molecule has 0 aliphatic rings. The fraction of sp³-hybridized carbons (Fsp3) is 0.350. The van der Waals surface area contributed by atoms with E-state index in [2.05, 4.69) is 79.8 Å². The van der Waals surface area contributed by atoms with Crippen molar-refractivity contribution in [3.63, 3.8) is 0 Å². The molecule has 0 fully saturated rings. The van der Waals surface area contributed by atoms with Gasteiger partial charge in [-0.2, -0.15) is 5.26 Å². The predicted molar refractivity (Wildman–Crippen MR) is 96.9 cm³/mol. The predicted octanol–water partition coefficient (Wildman–Crippen LogP) is 4.91. The fourth-order valence-electron chi connectivity index (χ4n) is 3.15. The van der Waals surface area contributed by atoms with E-state index in [9.17, 15) is 0 Å². The first-order chi connectivity index (χ1) is 10.6. The summed E-state index contributed by atoms with van der Waals surface area (Å²) in [5, 5.41) is 10.4. The second-order valence-electron chi connectivity index (χ2n) is 6.52. The van der Waals surface area contributed by atoms with E-state index in [1.165, 1.54) is 10.8 Å². The number of benzene rings is 2. The molecule has 0 saturated carbocycles. The first kappa shape index (κ1) is 16.5. The van der Waals surface area contributed by atoms with E-state index in [0.29, 0.717) is 12.0 Å². The summed E-state index contributed by atoms with van der Waals surface area (Å²) >= 11 is 0. The second-order valence-corrected chi connectivity index (χ2v) is 11.4. The van der Waals surface area contributed by atoms with Crippen LogP contribution in [0.2, 0.25) is 18.6 Å². The lowest BCUT2D eigenvalue weighted by atomic mass is 10.1. The molecule has 1 nitrogen and oxygen atoms in total. The molecule has 0 N–H and O–H groups in total. The van der Waals surface area contributed by atoms with Gasteiger partial charge in [-0.05, 0) is 23.9 Å². The Morgan fingerprint density at radius 1 is 0.955 bits per heavy atom. The van der Waals surface area contributed by atoms with E-state index in [1.54, 1.807) is 0 Å². The molecular formula is C20H25NSi. The van der Waals surface area contributed by atoms with Crippen LogP contribution in [0.3, 0.4) is 0 Å². The largest absolute Gasteiger partial charge is 0.198 e.